The van der Waals surface area contributed by atoms with Gasteiger partial charge in [-0.05, 0) is 42.8 Å². The van der Waals surface area contributed by atoms with Gasteiger partial charge in [0.15, 0.2) is 0 Å². The highest BCUT2D eigenvalue weighted by Gasteiger charge is 2.19. The number of carbonyl (C=O) groups excluding carboxylic acids is 1. The molecule has 156 valence electrons. The van der Waals surface area contributed by atoms with E-state index in [2.05, 4.69) is 10.0 Å². The fourth-order valence-electron chi connectivity index (χ4n) is 2.88. The predicted octanol–water partition coefficient (Wildman–Crippen LogP) is 3.87. The van der Waals surface area contributed by atoms with Crippen LogP contribution in [0.2, 0.25) is 0 Å². The molecule has 6 nitrogen and oxygen atoms in total. The highest BCUT2D eigenvalue weighted by molar-refractivity contribution is 7.92. The van der Waals surface area contributed by atoms with Crippen molar-refractivity contribution in [2.75, 3.05) is 11.8 Å². The Kier molecular flexibility index (Phi) is 6.37. The van der Waals surface area contributed by atoms with Gasteiger partial charge in [0.2, 0.25) is 0 Å². The van der Waals surface area contributed by atoms with Gasteiger partial charge in [-0.15, -0.1) is 0 Å². The molecule has 0 saturated heterocycles. The highest BCUT2D eigenvalue weighted by atomic mass is 32.2. The third kappa shape index (κ3) is 4.77. The molecular formula is C22H21FN2O4S. The van der Waals surface area contributed by atoms with E-state index < -0.39 is 21.7 Å². The van der Waals surface area contributed by atoms with E-state index in [-0.39, 0.29) is 22.7 Å². The van der Waals surface area contributed by atoms with Crippen LogP contribution in [0.1, 0.15) is 21.5 Å². The van der Waals surface area contributed by atoms with Crippen LogP contribution in [0, 0.1) is 12.7 Å². The van der Waals surface area contributed by atoms with E-state index in [1.54, 1.807) is 20.1 Å². The molecule has 8 heteroatoms. The fraction of sp³-hybridized carbons (Fsp3) is 0.136. The third-order valence-corrected chi connectivity index (χ3v) is 5.88. The summed E-state index contributed by atoms with van der Waals surface area (Å²) in [5.41, 5.74) is 1.44. The lowest BCUT2D eigenvalue weighted by molar-refractivity contribution is 0.0950. The number of halogens is 1. The second-order valence-electron chi connectivity index (χ2n) is 6.56. The van der Waals surface area contributed by atoms with Crippen LogP contribution < -0.4 is 14.8 Å². The lowest BCUT2D eigenvalue weighted by Crippen LogP contribution is -2.24. The maximum absolute atomic E-state index is 13.8. The fourth-order valence-corrected chi connectivity index (χ4v) is 3.97. The molecule has 0 atom stereocenters. The standard InChI is InChI=1S/C22H21FN2O4S/c1-15-11-12-17(30(27,28)25-20-9-5-4-8-19(20)23)13-18(15)22(26)24-14-16-7-3-6-10-21(16)29-2/h3-13,25H,14H2,1-2H3,(H,24,26). The minimum atomic E-state index is -4.08. The lowest BCUT2D eigenvalue weighted by Gasteiger charge is -2.13. The quantitative estimate of drug-likeness (QED) is 0.598. The van der Waals surface area contributed by atoms with E-state index in [1.165, 1.54) is 36.4 Å². The predicted molar refractivity (Wildman–Crippen MR) is 113 cm³/mol. The molecule has 0 radical (unpaired) electrons. The van der Waals surface area contributed by atoms with Gasteiger partial charge >= 0.3 is 0 Å². The molecule has 0 heterocycles. The van der Waals surface area contributed by atoms with Crippen molar-refractivity contribution in [1.82, 2.24) is 5.32 Å². The molecule has 0 aliphatic heterocycles. The summed E-state index contributed by atoms with van der Waals surface area (Å²) >= 11 is 0. The zero-order valence-corrected chi connectivity index (χ0v) is 17.3. The van der Waals surface area contributed by atoms with Crippen molar-refractivity contribution in [3.05, 3.63) is 89.2 Å². The third-order valence-electron chi connectivity index (χ3n) is 4.51. The smallest absolute Gasteiger partial charge is 0.262 e. The Bertz CT molecular complexity index is 1180. The molecule has 0 aromatic heterocycles. The highest BCUT2D eigenvalue weighted by Crippen LogP contribution is 2.22. The summed E-state index contributed by atoms with van der Waals surface area (Å²) in [4.78, 5) is 12.6. The van der Waals surface area contributed by atoms with E-state index in [0.29, 0.717) is 11.3 Å². The van der Waals surface area contributed by atoms with Crippen LogP contribution in [-0.4, -0.2) is 21.4 Å². The van der Waals surface area contributed by atoms with E-state index in [9.17, 15) is 17.6 Å². The Morgan fingerprint density at radius 3 is 2.47 bits per heavy atom. The van der Waals surface area contributed by atoms with Crippen molar-refractivity contribution in [2.45, 2.75) is 18.4 Å². The number of aryl methyl sites for hydroxylation is 1. The van der Waals surface area contributed by atoms with Gasteiger partial charge in [-0.2, -0.15) is 0 Å². The summed E-state index contributed by atoms with van der Waals surface area (Å²) in [6.45, 7) is 1.92. The lowest BCUT2D eigenvalue weighted by atomic mass is 10.1. The first-order chi connectivity index (χ1) is 14.3. The number of anilines is 1. The molecule has 0 saturated carbocycles. The number of hydrogen-bond donors (Lipinski definition) is 2. The Morgan fingerprint density at radius 2 is 1.73 bits per heavy atom. The van der Waals surface area contributed by atoms with Crippen LogP contribution in [0.25, 0.3) is 0 Å². The zero-order valence-electron chi connectivity index (χ0n) is 16.5. The largest absolute Gasteiger partial charge is 0.496 e. The van der Waals surface area contributed by atoms with Gasteiger partial charge in [0, 0.05) is 17.7 Å². The minimum Gasteiger partial charge on any atom is -0.496 e. The molecule has 0 unspecified atom stereocenters. The van der Waals surface area contributed by atoms with E-state index in [0.717, 1.165) is 11.6 Å². The van der Waals surface area contributed by atoms with Gasteiger partial charge in [0.05, 0.1) is 17.7 Å². The van der Waals surface area contributed by atoms with Crippen molar-refractivity contribution in [2.24, 2.45) is 0 Å². The number of sulfonamides is 1. The van der Waals surface area contributed by atoms with Gasteiger partial charge in [-0.25, -0.2) is 12.8 Å². The molecule has 3 rings (SSSR count). The SMILES string of the molecule is COc1ccccc1CNC(=O)c1cc(S(=O)(=O)Nc2ccccc2F)ccc1C. The molecule has 30 heavy (non-hydrogen) atoms. The first-order valence-electron chi connectivity index (χ1n) is 9.10. The normalized spacial score (nSPS) is 11.0. The van der Waals surface area contributed by atoms with Gasteiger partial charge in [0.25, 0.3) is 15.9 Å². The molecule has 1 amide bonds. The molecule has 0 bridgehead atoms. The molecule has 0 fully saturated rings. The molecule has 3 aromatic carbocycles. The molecular weight excluding hydrogens is 407 g/mol. The maximum atomic E-state index is 13.8. The van der Waals surface area contributed by atoms with Gasteiger partial charge in [-0.3, -0.25) is 9.52 Å². The van der Waals surface area contributed by atoms with Crippen molar-refractivity contribution in [3.8, 4) is 5.75 Å². The zero-order chi connectivity index (χ0) is 21.7. The minimum absolute atomic E-state index is 0.140. The van der Waals surface area contributed by atoms with Gasteiger partial charge < -0.3 is 10.1 Å². The second kappa shape index (κ2) is 8.96. The molecule has 0 spiro atoms. The topological polar surface area (TPSA) is 84.5 Å². The Morgan fingerprint density at radius 1 is 1.03 bits per heavy atom. The van der Waals surface area contributed by atoms with Crippen LogP contribution in [-0.2, 0) is 16.6 Å². The van der Waals surface area contributed by atoms with Crippen LogP contribution in [0.3, 0.4) is 0 Å². The average Bonchev–Trinajstić information content (AvgIpc) is 2.74. The first kappa shape index (κ1) is 21.3. The van der Waals surface area contributed by atoms with Crippen LogP contribution in [0.5, 0.6) is 5.75 Å². The number of rotatable bonds is 7. The number of methoxy groups -OCH3 is 1. The first-order valence-corrected chi connectivity index (χ1v) is 10.6. The molecule has 0 aliphatic rings. The van der Waals surface area contributed by atoms with Crippen molar-refractivity contribution < 1.29 is 22.3 Å². The summed E-state index contributed by atoms with van der Waals surface area (Å²) in [6.07, 6.45) is 0. The van der Waals surface area contributed by atoms with Crippen LogP contribution in [0.15, 0.2) is 71.6 Å². The monoisotopic (exact) mass is 428 g/mol. The van der Waals surface area contributed by atoms with Crippen LogP contribution in [0.4, 0.5) is 10.1 Å². The summed E-state index contributed by atoms with van der Waals surface area (Å²) < 4.78 is 46.7. The molecule has 2 N–H and O–H groups in total. The number of amides is 1. The summed E-state index contributed by atoms with van der Waals surface area (Å²) in [5.74, 6) is -0.482. The maximum Gasteiger partial charge on any atom is 0.262 e. The Labute approximate surface area is 174 Å². The average molecular weight is 428 g/mol. The Hall–Kier alpha value is -3.39. The van der Waals surface area contributed by atoms with Crippen LogP contribution >= 0.6 is 0 Å². The van der Waals surface area contributed by atoms with E-state index >= 15 is 0 Å². The number of nitrogens with one attached hydrogen (secondary N) is 2. The molecule has 0 aliphatic carbocycles. The summed E-state index contributed by atoms with van der Waals surface area (Å²) in [5, 5.41) is 2.77. The number of carbonyl (C=O) groups is 1. The van der Waals surface area contributed by atoms with E-state index in [1.807, 2.05) is 18.2 Å². The number of ether oxygens (including phenoxy) is 1. The van der Waals surface area contributed by atoms with Crippen molar-refractivity contribution in [1.29, 1.82) is 0 Å². The van der Waals surface area contributed by atoms with Crippen molar-refractivity contribution in [3.63, 3.8) is 0 Å². The summed E-state index contributed by atoms with van der Waals surface area (Å²) in [7, 11) is -2.53. The summed E-state index contributed by atoms with van der Waals surface area (Å²) in [6, 6.07) is 16.9. The number of hydrogen-bond acceptors (Lipinski definition) is 4. The number of benzene rings is 3. The second-order valence-corrected chi connectivity index (χ2v) is 8.24. The van der Waals surface area contributed by atoms with Gasteiger partial charge in [0.1, 0.15) is 11.6 Å². The number of para-hydroxylation sites is 2. The molecule has 3 aromatic rings. The van der Waals surface area contributed by atoms with E-state index in [4.69, 9.17) is 4.74 Å². The van der Waals surface area contributed by atoms with Gasteiger partial charge in [-0.1, -0.05) is 36.4 Å². The Balaban J connectivity index is 1.82. The van der Waals surface area contributed by atoms with Crippen molar-refractivity contribution >= 4 is 21.6 Å².